The van der Waals surface area contributed by atoms with E-state index in [1.165, 1.54) is 23.1 Å². The highest BCUT2D eigenvalue weighted by Gasteiger charge is 2.61. The number of hydrogen-bond donors (Lipinski definition) is 0. The average Bonchev–Trinajstić information content (AvgIpc) is 3.45. The van der Waals surface area contributed by atoms with Crippen molar-refractivity contribution in [2.75, 3.05) is 12.9 Å². The first kappa shape index (κ1) is 27.3. The molecule has 3 heterocycles. The predicted octanol–water partition coefficient (Wildman–Crippen LogP) is 4.25. The molecule has 4 rings (SSSR count). The SMILES string of the molecule is COc1ccc(COC(=O)C2=C(CSc3nncs3)[C@@H](CC#N)[C@@H]3[C@@H]([C@@H](C)O[Si](C)(C)C)C(=O)N23)cc1. The highest BCUT2D eigenvalue weighted by molar-refractivity contribution is 8.01. The molecule has 1 aromatic carbocycles. The number of esters is 1. The molecule has 1 fully saturated rings. The quantitative estimate of drug-likeness (QED) is 0.173. The number of ether oxygens (including phenoxy) is 2. The lowest BCUT2D eigenvalue weighted by Gasteiger charge is -2.49. The van der Waals surface area contributed by atoms with Gasteiger partial charge in [0.2, 0.25) is 5.91 Å². The van der Waals surface area contributed by atoms with Gasteiger partial charge in [-0.15, -0.1) is 10.2 Å². The molecule has 2 aromatic rings. The van der Waals surface area contributed by atoms with Gasteiger partial charge in [-0.2, -0.15) is 5.26 Å². The minimum absolute atomic E-state index is 0.0529. The lowest BCUT2D eigenvalue weighted by Crippen LogP contribution is -2.65. The van der Waals surface area contributed by atoms with Crippen LogP contribution >= 0.6 is 23.1 Å². The number of amides is 1. The van der Waals surface area contributed by atoms with Crippen LogP contribution in [0.1, 0.15) is 18.9 Å². The lowest BCUT2D eigenvalue weighted by atomic mass is 9.76. The zero-order chi connectivity index (χ0) is 26.7. The fraction of sp³-hybridized carbons (Fsp3) is 0.480. The summed E-state index contributed by atoms with van der Waals surface area (Å²) in [7, 11) is -0.325. The molecule has 0 aliphatic carbocycles. The van der Waals surface area contributed by atoms with Crippen LogP contribution < -0.4 is 4.74 Å². The Morgan fingerprint density at radius 2 is 2.03 bits per heavy atom. The van der Waals surface area contributed by atoms with E-state index in [4.69, 9.17) is 13.9 Å². The minimum atomic E-state index is -1.91. The van der Waals surface area contributed by atoms with Gasteiger partial charge in [-0.1, -0.05) is 35.2 Å². The second-order valence-corrected chi connectivity index (χ2v) is 16.4. The Hall–Kier alpha value is -2.72. The maximum absolute atomic E-state index is 13.5. The van der Waals surface area contributed by atoms with E-state index < -0.39 is 20.2 Å². The first-order chi connectivity index (χ1) is 17.6. The smallest absolute Gasteiger partial charge is 0.355 e. The Kier molecular flexibility index (Phi) is 8.38. The summed E-state index contributed by atoms with van der Waals surface area (Å²) >= 11 is 2.84. The lowest BCUT2D eigenvalue weighted by molar-refractivity contribution is -0.164. The average molecular weight is 559 g/mol. The van der Waals surface area contributed by atoms with E-state index in [0.717, 1.165) is 15.5 Å². The van der Waals surface area contributed by atoms with Crippen LogP contribution in [0.5, 0.6) is 5.75 Å². The largest absolute Gasteiger partial charge is 0.497 e. The predicted molar refractivity (Wildman–Crippen MR) is 142 cm³/mol. The van der Waals surface area contributed by atoms with Gasteiger partial charge in [-0.25, -0.2) is 4.79 Å². The van der Waals surface area contributed by atoms with Crippen molar-refractivity contribution in [3.8, 4) is 11.8 Å². The van der Waals surface area contributed by atoms with E-state index >= 15 is 0 Å². The molecule has 0 radical (unpaired) electrons. The molecule has 1 aromatic heterocycles. The molecule has 2 aliphatic rings. The number of carbonyl (C=O) groups excluding carboxylic acids is 2. The molecule has 0 N–H and O–H groups in total. The second-order valence-electron chi connectivity index (χ2n) is 9.92. The molecule has 2 aliphatic heterocycles. The molecule has 12 heteroatoms. The van der Waals surface area contributed by atoms with E-state index in [9.17, 15) is 14.9 Å². The number of fused-ring (bicyclic) bond motifs is 1. The third kappa shape index (κ3) is 5.90. The molecule has 9 nitrogen and oxygen atoms in total. The van der Waals surface area contributed by atoms with Gasteiger partial charge < -0.3 is 18.8 Å². The number of carbonyl (C=O) groups is 2. The molecule has 196 valence electrons. The maximum Gasteiger partial charge on any atom is 0.355 e. The van der Waals surface area contributed by atoms with E-state index in [0.29, 0.717) is 11.5 Å². The molecule has 0 unspecified atom stereocenters. The van der Waals surface area contributed by atoms with Crippen molar-refractivity contribution in [2.24, 2.45) is 11.8 Å². The van der Waals surface area contributed by atoms with Crippen LogP contribution in [0.25, 0.3) is 0 Å². The number of nitriles is 1. The molecular formula is C25H30N4O5S2Si. The van der Waals surface area contributed by atoms with Crippen LogP contribution in [-0.2, 0) is 25.4 Å². The fourth-order valence-electron chi connectivity index (χ4n) is 4.92. The number of thioether (sulfide) groups is 1. The van der Waals surface area contributed by atoms with Crippen LogP contribution in [0.3, 0.4) is 0 Å². The third-order valence-electron chi connectivity index (χ3n) is 6.36. The van der Waals surface area contributed by atoms with Crippen LogP contribution in [0.4, 0.5) is 0 Å². The van der Waals surface area contributed by atoms with Gasteiger partial charge in [0.25, 0.3) is 0 Å². The van der Waals surface area contributed by atoms with E-state index in [2.05, 4.69) is 35.9 Å². The van der Waals surface area contributed by atoms with E-state index in [1.807, 2.05) is 19.1 Å². The first-order valence-electron chi connectivity index (χ1n) is 11.9. The van der Waals surface area contributed by atoms with Gasteiger partial charge in [0.15, 0.2) is 12.7 Å². The number of benzene rings is 1. The third-order valence-corrected chi connectivity index (χ3v) is 9.35. The summed E-state index contributed by atoms with van der Waals surface area (Å²) < 4.78 is 17.9. The summed E-state index contributed by atoms with van der Waals surface area (Å²) in [4.78, 5) is 28.5. The van der Waals surface area contributed by atoms with Crippen LogP contribution in [0, 0.1) is 23.2 Å². The molecule has 4 atom stereocenters. The maximum atomic E-state index is 13.5. The Labute approximate surface area is 225 Å². The van der Waals surface area contributed by atoms with Gasteiger partial charge in [0, 0.05) is 18.1 Å². The number of hydrogen-bond acceptors (Lipinski definition) is 10. The number of methoxy groups -OCH3 is 1. The van der Waals surface area contributed by atoms with Crippen LogP contribution in [0.2, 0.25) is 19.6 Å². The normalized spacial score (nSPS) is 21.8. The van der Waals surface area contributed by atoms with E-state index in [1.54, 1.807) is 29.7 Å². The Morgan fingerprint density at radius 1 is 1.30 bits per heavy atom. The Morgan fingerprint density at radius 3 is 2.62 bits per heavy atom. The van der Waals surface area contributed by atoms with Crippen LogP contribution in [-0.4, -0.2) is 60.3 Å². The topological polar surface area (TPSA) is 115 Å². The molecule has 1 amide bonds. The van der Waals surface area contributed by atoms with Gasteiger partial charge in [-0.05, 0) is 49.8 Å². The molecule has 0 bridgehead atoms. The Bertz CT molecular complexity index is 1210. The number of aromatic nitrogens is 2. The summed E-state index contributed by atoms with van der Waals surface area (Å²) in [6, 6.07) is 9.19. The number of rotatable bonds is 11. The standard InChI is InChI=1S/C25H30N4O5S2Si/c1-15(34-37(3,4)5)20-21-18(10-11-26)19(13-35-25-28-27-14-36-25)22(29(21)23(20)30)24(31)33-12-16-6-8-17(32-2)9-7-16/h6-9,14-15,18,20-21H,10,12-13H2,1-5H3/t15-,18-,20-,21-/m1/s1. The van der Waals surface area contributed by atoms with Gasteiger partial charge in [0.05, 0.1) is 31.2 Å². The van der Waals surface area contributed by atoms with Gasteiger partial charge in [0.1, 0.15) is 23.6 Å². The zero-order valence-electron chi connectivity index (χ0n) is 21.5. The summed E-state index contributed by atoms with van der Waals surface area (Å²) in [5.41, 5.74) is 3.43. The zero-order valence-corrected chi connectivity index (χ0v) is 24.1. The molecule has 37 heavy (non-hydrogen) atoms. The summed E-state index contributed by atoms with van der Waals surface area (Å²) in [5, 5.41) is 17.6. The minimum Gasteiger partial charge on any atom is -0.497 e. The van der Waals surface area contributed by atoms with Gasteiger partial charge in [-0.3, -0.25) is 4.79 Å². The molecular weight excluding hydrogens is 529 g/mol. The van der Waals surface area contributed by atoms with Crippen molar-refractivity contribution in [3.05, 3.63) is 46.6 Å². The van der Waals surface area contributed by atoms with Crippen LogP contribution in [0.15, 0.2) is 45.4 Å². The first-order valence-corrected chi connectivity index (χ1v) is 17.2. The van der Waals surface area contributed by atoms with Crippen molar-refractivity contribution in [2.45, 2.75) is 56.1 Å². The van der Waals surface area contributed by atoms with Gasteiger partial charge >= 0.3 is 5.97 Å². The summed E-state index contributed by atoms with van der Waals surface area (Å²) in [6.45, 7) is 8.21. The van der Waals surface area contributed by atoms with Crippen molar-refractivity contribution < 1.29 is 23.5 Å². The number of nitrogens with zero attached hydrogens (tertiary/aromatic N) is 4. The summed E-state index contributed by atoms with van der Waals surface area (Å²) in [5.74, 6) is -0.322. The highest BCUT2D eigenvalue weighted by atomic mass is 32.2. The highest BCUT2D eigenvalue weighted by Crippen LogP contribution is 2.50. The second kappa shape index (κ2) is 11.3. The van der Waals surface area contributed by atoms with Crippen molar-refractivity contribution in [1.29, 1.82) is 5.26 Å². The summed E-state index contributed by atoms with van der Waals surface area (Å²) in [6.07, 6.45) is -0.125. The molecule has 1 saturated heterocycles. The Balaban J connectivity index is 1.61. The van der Waals surface area contributed by atoms with Crippen molar-refractivity contribution in [1.82, 2.24) is 15.1 Å². The molecule has 0 saturated carbocycles. The van der Waals surface area contributed by atoms with Crippen molar-refractivity contribution >= 4 is 43.3 Å². The van der Waals surface area contributed by atoms with E-state index in [-0.39, 0.29) is 42.7 Å². The number of β-lactam (4-membered cyclic amide) rings is 1. The molecule has 0 spiro atoms. The van der Waals surface area contributed by atoms with Crippen molar-refractivity contribution in [3.63, 3.8) is 0 Å². The fourth-order valence-corrected chi connectivity index (χ4v) is 7.77. The monoisotopic (exact) mass is 558 g/mol.